The molecule has 0 aromatic carbocycles. The lowest BCUT2D eigenvalue weighted by atomic mass is 10.2. The van der Waals surface area contributed by atoms with Gasteiger partial charge in [-0.3, -0.25) is 9.59 Å². The van der Waals surface area contributed by atoms with Gasteiger partial charge in [0.2, 0.25) is 0 Å². The van der Waals surface area contributed by atoms with Crippen molar-refractivity contribution in [2.75, 3.05) is 0 Å². The van der Waals surface area contributed by atoms with Crippen molar-refractivity contribution in [1.82, 2.24) is 0 Å². The topological polar surface area (TPSA) is 115 Å². The Morgan fingerprint density at radius 3 is 1.53 bits per heavy atom. The van der Waals surface area contributed by atoms with E-state index in [0.717, 1.165) is 0 Å². The summed E-state index contributed by atoms with van der Waals surface area (Å²) >= 11 is 0. The van der Waals surface area contributed by atoms with Crippen LogP contribution < -0.4 is 0 Å². The zero-order chi connectivity index (χ0) is 12.4. The lowest BCUT2D eigenvalue weighted by Gasteiger charge is -1.97. The molecule has 0 aliphatic carbocycles. The van der Waals surface area contributed by atoms with Gasteiger partial charge in [-0.25, -0.2) is 0 Å². The first-order valence-corrected chi connectivity index (χ1v) is 4.55. The standard InChI is InChI=1S/C5H10O3.C4H8O3/c1-4(6)2-3-5(7)8;1-3(5)2-4(6)7/h4,6H,2-3H2,1H3,(H,7,8);3,5H,2H2,1H3,(H,6,7). The summed E-state index contributed by atoms with van der Waals surface area (Å²) < 4.78 is 0. The van der Waals surface area contributed by atoms with Crippen molar-refractivity contribution < 1.29 is 30.0 Å². The molecule has 0 bridgehead atoms. The minimum absolute atomic E-state index is 0.0532. The van der Waals surface area contributed by atoms with Crippen molar-refractivity contribution in [3.8, 4) is 0 Å². The van der Waals surface area contributed by atoms with Gasteiger partial charge in [0.05, 0.1) is 18.6 Å². The van der Waals surface area contributed by atoms with Gasteiger partial charge in [0.25, 0.3) is 0 Å². The Kier molecular flexibility index (Phi) is 10.2. The molecule has 0 aromatic rings. The molecule has 90 valence electrons. The average molecular weight is 222 g/mol. The second kappa shape index (κ2) is 9.42. The third-order valence-electron chi connectivity index (χ3n) is 1.25. The third-order valence-corrected chi connectivity index (χ3v) is 1.25. The second-order valence-corrected chi connectivity index (χ2v) is 3.23. The van der Waals surface area contributed by atoms with Crippen molar-refractivity contribution in [3.05, 3.63) is 0 Å². The molecule has 0 amide bonds. The van der Waals surface area contributed by atoms with Crippen LogP contribution in [0.3, 0.4) is 0 Å². The van der Waals surface area contributed by atoms with Gasteiger partial charge in [0.1, 0.15) is 0 Å². The van der Waals surface area contributed by atoms with E-state index in [0.29, 0.717) is 6.42 Å². The normalized spacial score (nSPS) is 13.3. The van der Waals surface area contributed by atoms with E-state index in [-0.39, 0.29) is 12.8 Å². The van der Waals surface area contributed by atoms with Crippen molar-refractivity contribution >= 4 is 11.9 Å². The molecule has 0 radical (unpaired) electrons. The molecule has 0 rings (SSSR count). The molecule has 0 fully saturated rings. The number of aliphatic hydroxyl groups is 2. The van der Waals surface area contributed by atoms with E-state index in [1.54, 1.807) is 6.92 Å². The van der Waals surface area contributed by atoms with Crippen LogP contribution >= 0.6 is 0 Å². The van der Waals surface area contributed by atoms with Crippen molar-refractivity contribution in [3.63, 3.8) is 0 Å². The summed E-state index contributed by atoms with van der Waals surface area (Å²) in [5.41, 5.74) is 0. The predicted octanol–water partition coefficient (Wildman–Crippen LogP) is 0.0739. The number of rotatable bonds is 5. The van der Waals surface area contributed by atoms with Gasteiger partial charge in [-0.05, 0) is 20.3 Å². The maximum atomic E-state index is 9.79. The highest BCUT2D eigenvalue weighted by molar-refractivity contribution is 5.67. The Morgan fingerprint density at radius 2 is 1.47 bits per heavy atom. The largest absolute Gasteiger partial charge is 0.481 e. The zero-order valence-corrected chi connectivity index (χ0v) is 8.88. The highest BCUT2D eigenvalue weighted by atomic mass is 16.4. The average Bonchev–Trinajstić information content (AvgIpc) is 1.99. The van der Waals surface area contributed by atoms with E-state index in [1.165, 1.54) is 6.92 Å². The summed E-state index contributed by atoms with van der Waals surface area (Å²) in [6.07, 6.45) is -0.990. The van der Waals surface area contributed by atoms with E-state index in [2.05, 4.69) is 0 Å². The van der Waals surface area contributed by atoms with Gasteiger partial charge in [-0.2, -0.15) is 0 Å². The van der Waals surface area contributed by atoms with Crippen molar-refractivity contribution in [2.24, 2.45) is 0 Å². The fourth-order valence-corrected chi connectivity index (χ4v) is 0.585. The van der Waals surface area contributed by atoms with E-state index in [4.69, 9.17) is 20.4 Å². The molecule has 0 spiro atoms. The molecule has 0 aromatic heterocycles. The van der Waals surface area contributed by atoms with Crippen LogP contribution in [0.5, 0.6) is 0 Å². The maximum Gasteiger partial charge on any atom is 0.305 e. The van der Waals surface area contributed by atoms with Crippen LogP contribution in [0.1, 0.15) is 33.1 Å². The van der Waals surface area contributed by atoms with Crippen LogP contribution in [-0.4, -0.2) is 44.6 Å². The van der Waals surface area contributed by atoms with Crippen LogP contribution in [-0.2, 0) is 9.59 Å². The van der Waals surface area contributed by atoms with Crippen molar-refractivity contribution in [2.45, 2.75) is 45.3 Å². The number of carbonyl (C=O) groups is 2. The number of hydrogen-bond donors (Lipinski definition) is 4. The number of hydrogen-bond acceptors (Lipinski definition) is 4. The Labute approximate surface area is 88.2 Å². The lowest BCUT2D eigenvalue weighted by molar-refractivity contribution is -0.139. The predicted molar refractivity (Wildman–Crippen MR) is 52.5 cm³/mol. The Morgan fingerprint density at radius 1 is 1.00 bits per heavy atom. The Hall–Kier alpha value is -1.14. The molecule has 15 heavy (non-hydrogen) atoms. The molecular formula is C9H18O6. The second-order valence-electron chi connectivity index (χ2n) is 3.23. The van der Waals surface area contributed by atoms with E-state index in [1.807, 2.05) is 0 Å². The van der Waals surface area contributed by atoms with Crippen LogP contribution in [0.15, 0.2) is 0 Å². The Balaban J connectivity index is 0. The van der Waals surface area contributed by atoms with E-state index >= 15 is 0 Å². The van der Waals surface area contributed by atoms with E-state index < -0.39 is 24.1 Å². The molecule has 0 aliphatic heterocycles. The summed E-state index contributed by atoms with van der Waals surface area (Å²) in [4.78, 5) is 19.4. The molecule has 0 aliphatic rings. The molecule has 4 N–H and O–H groups in total. The molecule has 0 heterocycles. The first-order chi connectivity index (χ1) is 6.75. The van der Waals surface area contributed by atoms with Crippen molar-refractivity contribution in [1.29, 1.82) is 0 Å². The number of carboxylic acid groups (broad SMARTS) is 2. The number of aliphatic carboxylic acids is 2. The zero-order valence-electron chi connectivity index (χ0n) is 8.88. The van der Waals surface area contributed by atoms with Gasteiger partial charge in [0.15, 0.2) is 0 Å². The SMILES string of the molecule is CC(O)CC(=O)O.CC(O)CCC(=O)O. The quantitative estimate of drug-likeness (QED) is 0.523. The first-order valence-electron chi connectivity index (χ1n) is 4.55. The van der Waals surface area contributed by atoms with Crippen LogP contribution in [0.2, 0.25) is 0 Å². The fraction of sp³-hybridized carbons (Fsp3) is 0.778. The summed E-state index contributed by atoms with van der Waals surface area (Å²) in [6, 6.07) is 0. The highest BCUT2D eigenvalue weighted by Gasteiger charge is 2.00. The van der Waals surface area contributed by atoms with Gasteiger partial charge < -0.3 is 20.4 Å². The lowest BCUT2D eigenvalue weighted by Crippen LogP contribution is -2.07. The maximum absolute atomic E-state index is 9.79. The minimum atomic E-state index is -0.963. The summed E-state index contributed by atoms with van der Waals surface area (Å²) in [7, 11) is 0. The monoisotopic (exact) mass is 222 g/mol. The smallest absolute Gasteiger partial charge is 0.305 e. The molecule has 6 nitrogen and oxygen atoms in total. The summed E-state index contributed by atoms with van der Waals surface area (Å²) in [5, 5.41) is 32.9. The number of aliphatic hydroxyl groups excluding tert-OH is 2. The Bertz CT molecular complexity index is 187. The number of carboxylic acids is 2. The van der Waals surface area contributed by atoms with Gasteiger partial charge in [0, 0.05) is 6.42 Å². The third kappa shape index (κ3) is 24.6. The van der Waals surface area contributed by atoms with Gasteiger partial charge in [-0.1, -0.05) is 0 Å². The highest BCUT2D eigenvalue weighted by Crippen LogP contribution is 1.93. The van der Waals surface area contributed by atoms with E-state index in [9.17, 15) is 9.59 Å². The van der Waals surface area contributed by atoms with Crippen LogP contribution in [0, 0.1) is 0 Å². The fourth-order valence-electron chi connectivity index (χ4n) is 0.585. The van der Waals surface area contributed by atoms with Crippen LogP contribution in [0.25, 0.3) is 0 Å². The molecule has 0 saturated carbocycles. The molecule has 2 unspecified atom stereocenters. The van der Waals surface area contributed by atoms with Gasteiger partial charge >= 0.3 is 11.9 Å². The molecule has 2 atom stereocenters. The van der Waals surface area contributed by atoms with Crippen LogP contribution in [0.4, 0.5) is 0 Å². The molecule has 6 heteroatoms. The summed E-state index contributed by atoms with van der Waals surface area (Å²) in [6.45, 7) is 3.01. The molecular weight excluding hydrogens is 204 g/mol. The molecule has 0 saturated heterocycles. The van der Waals surface area contributed by atoms with Gasteiger partial charge in [-0.15, -0.1) is 0 Å². The first kappa shape index (κ1) is 16.3. The summed E-state index contributed by atoms with van der Waals surface area (Å²) in [5.74, 6) is -1.82. The minimum Gasteiger partial charge on any atom is -0.481 e.